The van der Waals surface area contributed by atoms with Crippen molar-refractivity contribution in [2.24, 2.45) is 0 Å². The van der Waals surface area contributed by atoms with Crippen LogP contribution in [-0.4, -0.2) is 53.8 Å². The van der Waals surface area contributed by atoms with Gasteiger partial charge in [0.05, 0.1) is 19.3 Å². The quantitative estimate of drug-likeness (QED) is 0.796. The molecule has 5 atom stereocenters. The van der Waals surface area contributed by atoms with Gasteiger partial charge in [-0.25, -0.2) is 0 Å². The van der Waals surface area contributed by atoms with Gasteiger partial charge in [-0.2, -0.15) is 0 Å². The van der Waals surface area contributed by atoms with Crippen LogP contribution in [0.15, 0.2) is 6.07 Å². The van der Waals surface area contributed by atoms with Crippen molar-refractivity contribution in [1.29, 1.82) is 0 Å². The van der Waals surface area contributed by atoms with Gasteiger partial charge in [0.15, 0.2) is 11.5 Å². The van der Waals surface area contributed by atoms with Gasteiger partial charge < -0.3 is 24.4 Å². The van der Waals surface area contributed by atoms with Crippen LogP contribution in [0.3, 0.4) is 0 Å². The van der Waals surface area contributed by atoms with E-state index in [0.29, 0.717) is 23.7 Å². The lowest BCUT2D eigenvalue weighted by molar-refractivity contribution is -0.0811. The molecule has 23 heavy (non-hydrogen) atoms. The van der Waals surface area contributed by atoms with Crippen molar-refractivity contribution in [3.63, 3.8) is 0 Å². The summed E-state index contributed by atoms with van der Waals surface area (Å²) in [5, 5.41) is 21.2. The molecule has 2 N–H and O–H groups in total. The SMILES string of the molecule is COc1c2c(cc3c1OCO3)[C@@]13CCN(C2)[C@@H]1CC[C@H](O)[C@@H]3O. The standard InChI is InChI=1S/C17H21NO5/c1-21-14-9-7-18-5-4-17(13(18)3-2-11(19)16(17)20)10(9)6-12-15(14)23-8-22-12/h6,11,13,16,19-20H,2-5,7-8H2,1H3/t11-,13+,16-,17-/m0/s1. The molecule has 0 aromatic heterocycles. The topological polar surface area (TPSA) is 71.4 Å². The van der Waals surface area contributed by atoms with E-state index in [4.69, 9.17) is 14.2 Å². The van der Waals surface area contributed by atoms with Crippen LogP contribution in [0.1, 0.15) is 30.4 Å². The van der Waals surface area contributed by atoms with Crippen molar-refractivity contribution in [3.8, 4) is 17.2 Å². The van der Waals surface area contributed by atoms with E-state index >= 15 is 0 Å². The van der Waals surface area contributed by atoms with E-state index in [2.05, 4.69) is 4.90 Å². The average molecular weight is 319 g/mol. The first-order chi connectivity index (χ1) is 11.2. The second-order valence-electron chi connectivity index (χ2n) is 7.04. The maximum Gasteiger partial charge on any atom is 0.231 e. The van der Waals surface area contributed by atoms with Gasteiger partial charge in [0.25, 0.3) is 0 Å². The number of benzene rings is 1. The van der Waals surface area contributed by atoms with E-state index in [9.17, 15) is 10.2 Å². The van der Waals surface area contributed by atoms with Crippen LogP contribution in [0.25, 0.3) is 0 Å². The number of hydrogen-bond donors (Lipinski definition) is 2. The third kappa shape index (κ3) is 1.54. The third-order valence-electron chi connectivity index (χ3n) is 6.27. The van der Waals surface area contributed by atoms with E-state index in [1.807, 2.05) is 6.07 Å². The Morgan fingerprint density at radius 2 is 2.17 bits per heavy atom. The Balaban J connectivity index is 1.77. The Morgan fingerprint density at radius 3 is 3.00 bits per heavy atom. The van der Waals surface area contributed by atoms with Crippen LogP contribution in [0, 0.1) is 0 Å². The van der Waals surface area contributed by atoms with E-state index in [0.717, 1.165) is 37.1 Å². The molecule has 2 bridgehead atoms. The number of fused-ring (bicyclic) bond motifs is 2. The minimum atomic E-state index is -0.754. The Bertz CT molecular complexity index is 677. The van der Waals surface area contributed by atoms with E-state index < -0.39 is 17.6 Å². The highest BCUT2D eigenvalue weighted by molar-refractivity contribution is 5.63. The molecule has 6 nitrogen and oxygen atoms in total. The fourth-order valence-electron chi connectivity index (χ4n) is 5.30. The highest BCUT2D eigenvalue weighted by Crippen LogP contribution is 2.58. The van der Waals surface area contributed by atoms with E-state index in [1.165, 1.54) is 0 Å². The van der Waals surface area contributed by atoms with Crippen LogP contribution < -0.4 is 14.2 Å². The van der Waals surface area contributed by atoms with Crippen LogP contribution >= 0.6 is 0 Å². The van der Waals surface area contributed by atoms with Gasteiger partial charge in [-0.15, -0.1) is 0 Å². The molecule has 3 heterocycles. The number of nitrogens with zero attached hydrogens (tertiary/aromatic N) is 1. The smallest absolute Gasteiger partial charge is 0.231 e. The van der Waals surface area contributed by atoms with Crippen LogP contribution in [0.2, 0.25) is 0 Å². The second kappa shape index (κ2) is 4.53. The third-order valence-corrected chi connectivity index (χ3v) is 6.27. The maximum absolute atomic E-state index is 10.9. The zero-order valence-electron chi connectivity index (χ0n) is 13.1. The maximum atomic E-state index is 10.9. The first kappa shape index (κ1) is 13.9. The fraction of sp³-hybridized carbons (Fsp3) is 0.647. The normalized spacial score (nSPS) is 39.8. The summed E-state index contributed by atoms with van der Waals surface area (Å²) >= 11 is 0. The molecule has 6 heteroatoms. The first-order valence-electron chi connectivity index (χ1n) is 8.27. The molecule has 0 radical (unpaired) electrons. The Kier molecular flexibility index (Phi) is 2.73. The molecule has 2 fully saturated rings. The van der Waals surface area contributed by atoms with Gasteiger partial charge in [-0.1, -0.05) is 0 Å². The first-order valence-corrected chi connectivity index (χ1v) is 8.27. The summed E-state index contributed by atoms with van der Waals surface area (Å²) < 4.78 is 16.8. The lowest BCUT2D eigenvalue weighted by Crippen LogP contribution is -2.60. The van der Waals surface area contributed by atoms with Gasteiger partial charge in [-0.3, -0.25) is 4.90 Å². The van der Waals surface area contributed by atoms with E-state index in [-0.39, 0.29) is 12.8 Å². The molecular formula is C17H21NO5. The lowest BCUT2D eigenvalue weighted by atomic mass is 9.61. The molecule has 1 saturated carbocycles. The molecule has 1 saturated heterocycles. The van der Waals surface area contributed by atoms with Crippen molar-refractivity contribution in [3.05, 3.63) is 17.2 Å². The van der Waals surface area contributed by atoms with E-state index in [1.54, 1.807) is 7.11 Å². The van der Waals surface area contributed by atoms with Gasteiger partial charge in [0, 0.05) is 23.6 Å². The van der Waals surface area contributed by atoms with Crippen molar-refractivity contribution in [2.45, 2.75) is 49.5 Å². The number of hydrogen-bond acceptors (Lipinski definition) is 6. The number of methoxy groups -OCH3 is 1. The van der Waals surface area contributed by atoms with Gasteiger partial charge in [0.2, 0.25) is 12.5 Å². The highest BCUT2D eigenvalue weighted by atomic mass is 16.7. The summed E-state index contributed by atoms with van der Waals surface area (Å²) in [6.07, 6.45) is 0.991. The van der Waals surface area contributed by atoms with Crippen LogP contribution in [-0.2, 0) is 12.0 Å². The molecule has 1 aliphatic carbocycles. The van der Waals surface area contributed by atoms with Crippen LogP contribution in [0.4, 0.5) is 0 Å². The highest BCUT2D eigenvalue weighted by Gasteiger charge is 2.60. The van der Waals surface area contributed by atoms with Gasteiger partial charge >= 0.3 is 0 Å². The van der Waals surface area contributed by atoms with Crippen molar-refractivity contribution < 1.29 is 24.4 Å². The Hall–Kier alpha value is -1.50. The summed E-state index contributed by atoms with van der Waals surface area (Å²) in [5.41, 5.74) is 1.71. The Labute approximate surface area is 134 Å². The molecule has 5 rings (SSSR count). The minimum Gasteiger partial charge on any atom is -0.492 e. The zero-order chi connectivity index (χ0) is 15.8. The van der Waals surface area contributed by atoms with Crippen molar-refractivity contribution in [2.75, 3.05) is 20.4 Å². The largest absolute Gasteiger partial charge is 0.492 e. The molecule has 0 spiro atoms. The van der Waals surface area contributed by atoms with Gasteiger partial charge in [0.1, 0.15) is 0 Å². The number of aliphatic hydroxyl groups is 2. The Morgan fingerprint density at radius 1 is 1.30 bits per heavy atom. The summed E-state index contributed by atoms with van der Waals surface area (Å²) in [5.74, 6) is 2.06. The second-order valence-corrected chi connectivity index (χ2v) is 7.04. The summed E-state index contributed by atoms with van der Waals surface area (Å²) in [6, 6.07) is 2.29. The fourth-order valence-corrected chi connectivity index (χ4v) is 5.30. The average Bonchev–Trinajstić information content (AvgIpc) is 3.12. The minimum absolute atomic E-state index is 0.194. The molecule has 4 aliphatic rings. The summed E-state index contributed by atoms with van der Waals surface area (Å²) in [7, 11) is 1.64. The number of aliphatic hydroxyl groups excluding tert-OH is 2. The molecule has 3 aliphatic heterocycles. The van der Waals surface area contributed by atoms with Crippen molar-refractivity contribution in [1.82, 2.24) is 4.90 Å². The number of ether oxygens (including phenoxy) is 3. The molecule has 0 amide bonds. The monoisotopic (exact) mass is 319 g/mol. The molecule has 1 aromatic carbocycles. The lowest BCUT2D eigenvalue weighted by Gasteiger charge is -2.51. The van der Waals surface area contributed by atoms with Crippen molar-refractivity contribution >= 4 is 0 Å². The summed E-state index contributed by atoms with van der Waals surface area (Å²) in [6.45, 7) is 1.92. The molecule has 1 unspecified atom stereocenters. The molecular weight excluding hydrogens is 298 g/mol. The van der Waals surface area contributed by atoms with Crippen LogP contribution in [0.5, 0.6) is 17.2 Å². The predicted octanol–water partition coefficient (Wildman–Crippen LogP) is 0.765. The summed E-state index contributed by atoms with van der Waals surface area (Å²) in [4.78, 5) is 2.42. The molecule has 1 aromatic rings. The zero-order valence-corrected chi connectivity index (χ0v) is 13.1. The number of rotatable bonds is 1. The van der Waals surface area contributed by atoms with Gasteiger partial charge in [-0.05, 0) is 37.4 Å². The molecule has 124 valence electrons. The predicted molar refractivity (Wildman–Crippen MR) is 80.9 cm³/mol.